The number of rotatable bonds is 5. The molecule has 1 aromatic carbocycles. The third kappa shape index (κ3) is 4.07. The molecule has 0 atom stereocenters. The minimum Gasteiger partial charge on any atom is -0.491 e. The Morgan fingerprint density at radius 1 is 1.29 bits per heavy atom. The highest BCUT2D eigenvalue weighted by atomic mass is 19.4. The summed E-state index contributed by atoms with van der Waals surface area (Å²) in [4.78, 5) is 12.0. The minimum absolute atomic E-state index is 0.0737. The van der Waals surface area contributed by atoms with E-state index in [2.05, 4.69) is 4.90 Å². The number of hydrogen-bond acceptors (Lipinski definition) is 4. The highest BCUT2D eigenvalue weighted by Gasteiger charge is 2.35. The van der Waals surface area contributed by atoms with Crippen molar-refractivity contribution in [3.63, 3.8) is 0 Å². The number of non-ortho nitro benzene ring substituents is 1. The molecule has 21 heavy (non-hydrogen) atoms. The number of halogens is 3. The molecule has 1 aliphatic heterocycles. The molecular weight excluding hydrogens is 289 g/mol. The molecule has 8 heteroatoms. The van der Waals surface area contributed by atoms with Crippen LogP contribution in [0.5, 0.6) is 5.75 Å². The highest BCUT2D eigenvalue weighted by Crippen LogP contribution is 2.38. The van der Waals surface area contributed by atoms with Crippen LogP contribution in [0.15, 0.2) is 18.2 Å². The van der Waals surface area contributed by atoms with E-state index in [1.807, 2.05) is 0 Å². The fourth-order valence-electron chi connectivity index (χ4n) is 2.27. The van der Waals surface area contributed by atoms with Crippen molar-refractivity contribution in [1.29, 1.82) is 0 Å². The van der Waals surface area contributed by atoms with Gasteiger partial charge in [-0.3, -0.25) is 15.0 Å². The lowest BCUT2D eigenvalue weighted by Gasteiger charge is -2.17. The van der Waals surface area contributed by atoms with Crippen molar-refractivity contribution in [2.45, 2.75) is 19.0 Å². The van der Waals surface area contributed by atoms with Crippen LogP contribution in [0.3, 0.4) is 0 Å². The number of alkyl halides is 3. The molecule has 1 fully saturated rings. The first-order valence-electron chi connectivity index (χ1n) is 6.59. The van der Waals surface area contributed by atoms with Gasteiger partial charge in [-0.15, -0.1) is 0 Å². The van der Waals surface area contributed by atoms with E-state index in [9.17, 15) is 23.3 Å². The molecule has 5 nitrogen and oxygen atoms in total. The van der Waals surface area contributed by atoms with E-state index in [1.54, 1.807) is 0 Å². The van der Waals surface area contributed by atoms with Crippen molar-refractivity contribution < 1.29 is 22.8 Å². The van der Waals surface area contributed by atoms with E-state index < -0.39 is 28.1 Å². The Morgan fingerprint density at radius 2 is 1.95 bits per heavy atom. The third-order valence-corrected chi connectivity index (χ3v) is 3.35. The largest absolute Gasteiger partial charge is 0.491 e. The lowest BCUT2D eigenvalue weighted by molar-refractivity contribution is -0.385. The number of nitrogens with zero attached hydrogens (tertiary/aromatic N) is 2. The summed E-state index contributed by atoms with van der Waals surface area (Å²) in [6, 6.07) is 2.34. The van der Waals surface area contributed by atoms with Crippen LogP contribution in [0.4, 0.5) is 18.9 Å². The molecule has 1 saturated heterocycles. The first kappa shape index (κ1) is 15.6. The van der Waals surface area contributed by atoms with Gasteiger partial charge < -0.3 is 4.74 Å². The van der Waals surface area contributed by atoms with Gasteiger partial charge in [0.05, 0.1) is 16.6 Å². The molecular formula is C13H15F3N2O3. The second-order valence-electron chi connectivity index (χ2n) is 4.83. The molecule has 0 amide bonds. The zero-order valence-corrected chi connectivity index (χ0v) is 11.2. The number of likely N-dealkylation sites (tertiary alicyclic amines) is 1. The molecule has 1 heterocycles. The average Bonchev–Trinajstić information content (AvgIpc) is 2.90. The van der Waals surface area contributed by atoms with Crippen LogP contribution in [-0.4, -0.2) is 36.1 Å². The summed E-state index contributed by atoms with van der Waals surface area (Å²) in [6.07, 6.45) is -2.45. The van der Waals surface area contributed by atoms with E-state index >= 15 is 0 Å². The number of nitro benzene ring substituents is 1. The van der Waals surface area contributed by atoms with Gasteiger partial charge in [0, 0.05) is 12.6 Å². The molecule has 116 valence electrons. The van der Waals surface area contributed by atoms with E-state index in [-0.39, 0.29) is 6.61 Å². The van der Waals surface area contributed by atoms with Crippen LogP contribution in [0.25, 0.3) is 0 Å². The van der Waals surface area contributed by atoms with E-state index in [0.717, 1.165) is 38.1 Å². The smallest absolute Gasteiger partial charge is 0.419 e. The van der Waals surface area contributed by atoms with Crippen LogP contribution in [0.1, 0.15) is 18.4 Å². The van der Waals surface area contributed by atoms with Crippen LogP contribution < -0.4 is 4.74 Å². The number of nitro groups is 1. The molecule has 0 radical (unpaired) electrons. The van der Waals surface area contributed by atoms with Crippen LogP contribution in [0, 0.1) is 10.1 Å². The van der Waals surface area contributed by atoms with Crippen molar-refractivity contribution >= 4 is 5.69 Å². The van der Waals surface area contributed by atoms with Crippen LogP contribution in [-0.2, 0) is 6.18 Å². The van der Waals surface area contributed by atoms with Gasteiger partial charge in [-0.05, 0) is 32.0 Å². The molecule has 0 spiro atoms. The maximum Gasteiger partial charge on any atom is 0.419 e. The highest BCUT2D eigenvalue weighted by molar-refractivity contribution is 5.45. The van der Waals surface area contributed by atoms with Crippen molar-refractivity contribution in [1.82, 2.24) is 4.90 Å². The van der Waals surface area contributed by atoms with Crippen molar-refractivity contribution in [3.05, 3.63) is 33.9 Å². The lowest BCUT2D eigenvalue weighted by Crippen LogP contribution is -2.25. The Hall–Kier alpha value is -1.83. The molecule has 0 aliphatic carbocycles. The number of ether oxygens (including phenoxy) is 1. The van der Waals surface area contributed by atoms with Gasteiger partial charge in [-0.25, -0.2) is 0 Å². The summed E-state index contributed by atoms with van der Waals surface area (Å²) in [5.74, 6) is -0.490. The zero-order valence-electron chi connectivity index (χ0n) is 11.2. The normalized spacial score (nSPS) is 16.1. The molecule has 0 saturated carbocycles. The average molecular weight is 304 g/mol. The fourth-order valence-corrected chi connectivity index (χ4v) is 2.27. The Labute approximate surface area is 119 Å². The van der Waals surface area contributed by atoms with Crippen LogP contribution in [0.2, 0.25) is 0 Å². The van der Waals surface area contributed by atoms with Crippen molar-refractivity contribution in [2.24, 2.45) is 0 Å². The van der Waals surface area contributed by atoms with Gasteiger partial charge >= 0.3 is 6.18 Å². The van der Waals surface area contributed by atoms with Crippen molar-refractivity contribution in [3.8, 4) is 5.75 Å². The van der Waals surface area contributed by atoms with Gasteiger partial charge in [-0.1, -0.05) is 0 Å². The standard InChI is InChI=1S/C13H15F3N2O3/c14-13(15,16)11-4-3-10(18(19)20)9-12(11)21-8-7-17-5-1-2-6-17/h3-4,9H,1-2,5-8H2. The van der Waals surface area contributed by atoms with Crippen LogP contribution >= 0.6 is 0 Å². The Balaban J connectivity index is 2.10. The summed E-state index contributed by atoms with van der Waals surface area (Å²) in [6.45, 7) is 2.40. The molecule has 1 aliphatic rings. The zero-order chi connectivity index (χ0) is 15.5. The predicted molar refractivity (Wildman–Crippen MR) is 69.3 cm³/mol. The summed E-state index contributed by atoms with van der Waals surface area (Å²) in [5, 5.41) is 10.7. The lowest BCUT2D eigenvalue weighted by atomic mass is 10.1. The number of benzene rings is 1. The molecule has 0 unspecified atom stereocenters. The van der Waals surface area contributed by atoms with E-state index in [1.165, 1.54) is 0 Å². The fraction of sp³-hybridized carbons (Fsp3) is 0.538. The minimum atomic E-state index is -4.60. The Kier molecular flexibility index (Phi) is 4.66. The first-order valence-corrected chi connectivity index (χ1v) is 6.59. The Morgan fingerprint density at radius 3 is 2.52 bits per heavy atom. The predicted octanol–water partition coefficient (Wildman–Crippen LogP) is 3.09. The maximum atomic E-state index is 12.8. The second kappa shape index (κ2) is 6.30. The summed E-state index contributed by atoms with van der Waals surface area (Å²) < 4.78 is 43.7. The first-order chi connectivity index (χ1) is 9.88. The van der Waals surface area contributed by atoms with Gasteiger partial charge in [0.1, 0.15) is 12.4 Å². The van der Waals surface area contributed by atoms with Gasteiger partial charge in [0.15, 0.2) is 0 Å². The monoisotopic (exact) mass is 304 g/mol. The molecule has 0 aromatic heterocycles. The second-order valence-corrected chi connectivity index (χ2v) is 4.83. The number of hydrogen-bond donors (Lipinski definition) is 0. The topological polar surface area (TPSA) is 55.6 Å². The maximum absolute atomic E-state index is 12.8. The summed E-state index contributed by atoms with van der Waals surface area (Å²) in [7, 11) is 0. The molecule has 0 N–H and O–H groups in total. The van der Waals surface area contributed by atoms with Gasteiger partial charge in [-0.2, -0.15) is 13.2 Å². The van der Waals surface area contributed by atoms with E-state index in [4.69, 9.17) is 4.74 Å². The molecule has 0 bridgehead atoms. The van der Waals surface area contributed by atoms with Gasteiger partial charge in [0.25, 0.3) is 5.69 Å². The summed E-state index contributed by atoms with van der Waals surface area (Å²) in [5.41, 5.74) is -1.41. The SMILES string of the molecule is O=[N+]([O-])c1ccc(C(F)(F)F)c(OCCN2CCCC2)c1. The van der Waals surface area contributed by atoms with E-state index in [0.29, 0.717) is 12.6 Å². The molecule has 2 rings (SSSR count). The Bertz CT molecular complexity index is 514. The van der Waals surface area contributed by atoms with Crippen molar-refractivity contribution in [2.75, 3.05) is 26.2 Å². The quantitative estimate of drug-likeness (QED) is 0.619. The summed E-state index contributed by atoms with van der Waals surface area (Å²) >= 11 is 0. The molecule has 1 aromatic rings. The third-order valence-electron chi connectivity index (χ3n) is 3.35. The van der Waals surface area contributed by atoms with Gasteiger partial charge in [0.2, 0.25) is 0 Å².